The Morgan fingerprint density at radius 2 is 1.71 bits per heavy atom. The van der Waals surface area contributed by atoms with E-state index in [1.165, 1.54) is 51.4 Å². The molecule has 1 N–H and O–H groups in total. The van der Waals surface area contributed by atoms with Crippen LogP contribution >= 0.6 is 0 Å². The van der Waals surface area contributed by atoms with Gasteiger partial charge in [0.05, 0.1) is 0 Å². The van der Waals surface area contributed by atoms with E-state index >= 15 is 0 Å². The van der Waals surface area contributed by atoms with E-state index in [1.807, 2.05) is 0 Å². The van der Waals surface area contributed by atoms with Gasteiger partial charge in [0.2, 0.25) is 0 Å². The van der Waals surface area contributed by atoms with E-state index in [0.717, 1.165) is 24.4 Å². The van der Waals surface area contributed by atoms with Gasteiger partial charge in [0, 0.05) is 6.04 Å². The lowest BCUT2D eigenvalue weighted by Crippen LogP contribution is -2.36. The molecule has 82 valence electrons. The first-order valence-corrected chi connectivity index (χ1v) is 6.65. The minimum absolute atomic E-state index is 0.864. The highest BCUT2D eigenvalue weighted by Crippen LogP contribution is 2.39. The van der Waals surface area contributed by atoms with Gasteiger partial charge in [0.1, 0.15) is 0 Å². The third-order valence-corrected chi connectivity index (χ3v) is 4.29. The first-order valence-electron chi connectivity index (χ1n) is 6.65. The molecule has 0 heterocycles. The predicted molar refractivity (Wildman–Crippen MR) is 61.4 cm³/mol. The van der Waals surface area contributed by atoms with Gasteiger partial charge >= 0.3 is 0 Å². The fourth-order valence-electron chi connectivity index (χ4n) is 3.63. The van der Waals surface area contributed by atoms with E-state index in [-0.39, 0.29) is 0 Å². The lowest BCUT2D eigenvalue weighted by atomic mass is 9.77. The molecule has 2 aliphatic rings. The van der Waals surface area contributed by atoms with Crippen LogP contribution in [0, 0.1) is 11.8 Å². The molecule has 2 atom stereocenters. The third kappa shape index (κ3) is 2.31. The summed E-state index contributed by atoms with van der Waals surface area (Å²) in [5, 5.41) is 3.69. The zero-order valence-electron chi connectivity index (χ0n) is 9.60. The molecule has 0 aliphatic heterocycles. The SMILES string of the molecule is CCNC1CCCC1C1CCCCC1. The van der Waals surface area contributed by atoms with Crippen LogP contribution in [0.2, 0.25) is 0 Å². The molecule has 14 heavy (non-hydrogen) atoms. The van der Waals surface area contributed by atoms with Crippen LogP contribution < -0.4 is 5.32 Å². The molecule has 0 aromatic carbocycles. The molecule has 0 bridgehead atoms. The van der Waals surface area contributed by atoms with Crippen LogP contribution in [0.25, 0.3) is 0 Å². The van der Waals surface area contributed by atoms with Gasteiger partial charge in [0.15, 0.2) is 0 Å². The minimum Gasteiger partial charge on any atom is -0.314 e. The van der Waals surface area contributed by atoms with Crippen molar-refractivity contribution in [3.8, 4) is 0 Å². The summed E-state index contributed by atoms with van der Waals surface area (Å²) in [5.41, 5.74) is 0. The molecule has 2 aliphatic carbocycles. The molecule has 2 saturated carbocycles. The lowest BCUT2D eigenvalue weighted by molar-refractivity contribution is 0.218. The summed E-state index contributed by atoms with van der Waals surface area (Å²) in [5.74, 6) is 2.09. The van der Waals surface area contributed by atoms with Gasteiger partial charge in [-0.1, -0.05) is 45.4 Å². The lowest BCUT2D eigenvalue weighted by Gasteiger charge is -2.32. The molecule has 2 unspecified atom stereocenters. The average Bonchev–Trinajstić information content (AvgIpc) is 2.68. The molecule has 0 aromatic rings. The Bertz CT molecular complexity index is 161. The average molecular weight is 195 g/mol. The molecule has 1 heteroatoms. The first kappa shape index (κ1) is 10.5. The van der Waals surface area contributed by atoms with Crippen LogP contribution in [0.4, 0.5) is 0 Å². The maximum Gasteiger partial charge on any atom is 0.00978 e. The topological polar surface area (TPSA) is 12.0 Å². The molecule has 0 amide bonds. The Labute approximate surface area is 88.7 Å². The van der Waals surface area contributed by atoms with Gasteiger partial charge < -0.3 is 5.32 Å². The molecular formula is C13H25N. The van der Waals surface area contributed by atoms with Crippen LogP contribution in [0.1, 0.15) is 58.3 Å². The summed E-state index contributed by atoms with van der Waals surface area (Å²) in [7, 11) is 0. The maximum absolute atomic E-state index is 3.69. The number of hydrogen-bond donors (Lipinski definition) is 1. The summed E-state index contributed by atoms with van der Waals surface area (Å²) in [4.78, 5) is 0. The summed E-state index contributed by atoms with van der Waals surface area (Å²) in [6.45, 7) is 3.41. The van der Waals surface area contributed by atoms with Crippen molar-refractivity contribution in [1.82, 2.24) is 5.32 Å². The smallest absolute Gasteiger partial charge is 0.00978 e. The van der Waals surface area contributed by atoms with Crippen molar-refractivity contribution in [2.24, 2.45) is 11.8 Å². The maximum atomic E-state index is 3.69. The van der Waals surface area contributed by atoms with Crippen molar-refractivity contribution < 1.29 is 0 Å². The van der Waals surface area contributed by atoms with Gasteiger partial charge in [-0.15, -0.1) is 0 Å². The number of nitrogens with one attached hydrogen (secondary N) is 1. The molecular weight excluding hydrogens is 170 g/mol. The largest absolute Gasteiger partial charge is 0.314 e. The Balaban J connectivity index is 1.87. The molecule has 0 spiro atoms. The van der Waals surface area contributed by atoms with E-state index in [2.05, 4.69) is 12.2 Å². The van der Waals surface area contributed by atoms with Gasteiger partial charge in [0.25, 0.3) is 0 Å². The summed E-state index contributed by atoms with van der Waals surface area (Å²) >= 11 is 0. The predicted octanol–water partition coefficient (Wildman–Crippen LogP) is 3.34. The zero-order chi connectivity index (χ0) is 9.80. The van der Waals surface area contributed by atoms with Crippen LogP contribution in [0.5, 0.6) is 0 Å². The molecule has 2 fully saturated rings. The highest BCUT2D eigenvalue weighted by atomic mass is 14.9. The van der Waals surface area contributed by atoms with Crippen molar-refractivity contribution in [2.75, 3.05) is 6.54 Å². The van der Waals surface area contributed by atoms with Crippen molar-refractivity contribution in [2.45, 2.75) is 64.3 Å². The second-order valence-corrected chi connectivity index (χ2v) is 5.16. The van der Waals surface area contributed by atoms with Crippen molar-refractivity contribution in [1.29, 1.82) is 0 Å². The highest BCUT2D eigenvalue weighted by Gasteiger charge is 2.33. The number of hydrogen-bond acceptors (Lipinski definition) is 1. The van der Waals surface area contributed by atoms with E-state index in [9.17, 15) is 0 Å². The van der Waals surface area contributed by atoms with E-state index in [0.29, 0.717) is 0 Å². The Hall–Kier alpha value is -0.0400. The monoisotopic (exact) mass is 195 g/mol. The summed E-state index contributed by atoms with van der Waals surface area (Å²) < 4.78 is 0. The highest BCUT2D eigenvalue weighted by molar-refractivity contribution is 4.88. The Kier molecular flexibility index (Phi) is 3.86. The Morgan fingerprint density at radius 1 is 0.929 bits per heavy atom. The van der Waals surface area contributed by atoms with Crippen molar-refractivity contribution in [3.05, 3.63) is 0 Å². The normalized spacial score (nSPS) is 34.9. The van der Waals surface area contributed by atoms with Crippen molar-refractivity contribution in [3.63, 3.8) is 0 Å². The van der Waals surface area contributed by atoms with Crippen LogP contribution in [-0.4, -0.2) is 12.6 Å². The van der Waals surface area contributed by atoms with Crippen LogP contribution in [0.3, 0.4) is 0 Å². The van der Waals surface area contributed by atoms with E-state index < -0.39 is 0 Å². The van der Waals surface area contributed by atoms with Crippen molar-refractivity contribution >= 4 is 0 Å². The molecule has 0 aromatic heterocycles. The Morgan fingerprint density at radius 3 is 2.43 bits per heavy atom. The fraction of sp³-hybridized carbons (Fsp3) is 1.00. The van der Waals surface area contributed by atoms with E-state index in [4.69, 9.17) is 0 Å². The third-order valence-electron chi connectivity index (χ3n) is 4.29. The zero-order valence-corrected chi connectivity index (χ0v) is 9.60. The molecule has 1 nitrogen and oxygen atoms in total. The fourth-order valence-corrected chi connectivity index (χ4v) is 3.63. The van der Waals surface area contributed by atoms with E-state index in [1.54, 1.807) is 0 Å². The van der Waals surface area contributed by atoms with Gasteiger partial charge in [-0.2, -0.15) is 0 Å². The van der Waals surface area contributed by atoms with Crippen LogP contribution in [-0.2, 0) is 0 Å². The van der Waals surface area contributed by atoms with Gasteiger partial charge in [-0.05, 0) is 31.2 Å². The standard InChI is InChI=1S/C13H25N/c1-2-14-13-10-6-9-12(13)11-7-4-3-5-8-11/h11-14H,2-10H2,1H3. The first-order chi connectivity index (χ1) is 6.92. The second-order valence-electron chi connectivity index (χ2n) is 5.16. The van der Waals surface area contributed by atoms with Gasteiger partial charge in [-0.25, -0.2) is 0 Å². The van der Waals surface area contributed by atoms with Crippen LogP contribution in [0.15, 0.2) is 0 Å². The quantitative estimate of drug-likeness (QED) is 0.728. The second kappa shape index (κ2) is 5.16. The molecule has 2 rings (SSSR count). The minimum atomic E-state index is 0.864. The summed E-state index contributed by atoms with van der Waals surface area (Å²) in [6.07, 6.45) is 11.9. The summed E-state index contributed by atoms with van der Waals surface area (Å²) in [6, 6.07) is 0.864. The van der Waals surface area contributed by atoms with Gasteiger partial charge in [-0.3, -0.25) is 0 Å². The molecule has 0 saturated heterocycles. The molecule has 0 radical (unpaired) electrons. The number of rotatable bonds is 3.